The molecular formula is C23H16ClN3O7. The molecule has 4 aromatic rings. The molecule has 172 valence electrons. The highest BCUT2D eigenvalue weighted by Crippen LogP contribution is 2.38. The van der Waals surface area contributed by atoms with Gasteiger partial charge in [0.2, 0.25) is 11.6 Å². The smallest absolute Gasteiger partial charge is 0.338 e. The van der Waals surface area contributed by atoms with Crippen LogP contribution in [0.4, 0.5) is 5.69 Å². The van der Waals surface area contributed by atoms with Crippen LogP contribution >= 0.6 is 11.6 Å². The second kappa shape index (κ2) is 10.0. The third-order valence-corrected chi connectivity index (χ3v) is 4.79. The molecule has 0 unspecified atom stereocenters. The Kier molecular flexibility index (Phi) is 6.69. The van der Waals surface area contributed by atoms with Crippen molar-refractivity contribution in [1.29, 1.82) is 0 Å². The molecule has 0 spiro atoms. The summed E-state index contributed by atoms with van der Waals surface area (Å²) >= 11 is 5.83. The van der Waals surface area contributed by atoms with E-state index in [2.05, 4.69) is 10.2 Å². The maximum Gasteiger partial charge on any atom is 0.338 e. The molecule has 1 aromatic heterocycles. The summed E-state index contributed by atoms with van der Waals surface area (Å²) < 4.78 is 21.7. The fraction of sp³-hybridized carbons (Fsp3) is 0.0870. The third-order valence-electron chi connectivity index (χ3n) is 4.55. The summed E-state index contributed by atoms with van der Waals surface area (Å²) in [6.07, 6.45) is 0. The monoisotopic (exact) mass is 481 g/mol. The number of rotatable bonds is 8. The lowest BCUT2D eigenvalue weighted by molar-refractivity contribution is -0.385. The fourth-order valence-electron chi connectivity index (χ4n) is 2.94. The zero-order chi connectivity index (χ0) is 24.1. The van der Waals surface area contributed by atoms with Crippen LogP contribution in [0, 0.1) is 10.1 Å². The molecule has 4 rings (SSSR count). The van der Waals surface area contributed by atoms with Crippen molar-refractivity contribution < 1.29 is 28.3 Å². The molecule has 11 heteroatoms. The number of carbonyl (C=O) groups is 1. The summed E-state index contributed by atoms with van der Waals surface area (Å²) in [7, 11) is 1.37. The lowest BCUT2D eigenvalue weighted by Gasteiger charge is -2.12. The van der Waals surface area contributed by atoms with E-state index in [0.29, 0.717) is 5.89 Å². The first kappa shape index (κ1) is 22.7. The Morgan fingerprint density at radius 1 is 1.03 bits per heavy atom. The van der Waals surface area contributed by atoms with Gasteiger partial charge in [-0.3, -0.25) is 10.1 Å². The van der Waals surface area contributed by atoms with Gasteiger partial charge in [0, 0.05) is 16.7 Å². The average Bonchev–Trinajstić information content (AvgIpc) is 3.33. The highest BCUT2D eigenvalue weighted by atomic mass is 35.5. The SMILES string of the molecule is COc1cc(C(=O)OCc2nnc(-c3ccccc3)o2)ccc1Oc1ccc(Cl)cc1[N+](=O)[O-]. The Morgan fingerprint density at radius 3 is 2.53 bits per heavy atom. The Labute approximate surface area is 197 Å². The molecular weight excluding hydrogens is 466 g/mol. The largest absolute Gasteiger partial charge is 0.493 e. The van der Waals surface area contributed by atoms with Crippen LogP contribution in [0.15, 0.2) is 71.1 Å². The Balaban J connectivity index is 1.46. The van der Waals surface area contributed by atoms with Gasteiger partial charge in [0.05, 0.1) is 17.6 Å². The van der Waals surface area contributed by atoms with Crippen LogP contribution in [0.2, 0.25) is 5.02 Å². The Morgan fingerprint density at radius 2 is 1.79 bits per heavy atom. The predicted octanol–water partition coefficient (Wildman–Crippen LogP) is 5.46. The number of ether oxygens (including phenoxy) is 3. The second-order valence-electron chi connectivity index (χ2n) is 6.78. The van der Waals surface area contributed by atoms with Crippen molar-refractivity contribution in [3.63, 3.8) is 0 Å². The normalized spacial score (nSPS) is 10.5. The highest BCUT2D eigenvalue weighted by molar-refractivity contribution is 6.30. The standard InChI is InChI=1S/C23H16ClN3O7/c1-31-20-11-15(7-9-19(20)33-18-10-8-16(24)12-17(18)27(29)30)23(28)32-13-21-25-26-22(34-21)14-5-3-2-4-6-14/h2-12H,13H2,1H3. The molecule has 0 aliphatic rings. The molecule has 0 N–H and O–H groups in total. The van der Waals surface area contributed by atoms with E-state index in [4.69, 9.17) is 30.2 Å². The lowest BCUT2D eigenvalue weighted by atomic mass is 10.2. The minimum atomic E-state index is -0.665. The molecule has 0 saturated carbocycles. The summed E-state index contributed by atoms with van der Waals surface area (Å²) in [5.41, 5.74) is 0.596. The summed E-state index contributed by atoms with van der Waals surface area (Å²) in [5.74, 6) is 0.0763. The van der Waals surface area contributed by atoms with Crippen LogP contribution in [-0.4, -0.2) is 28.2 Å². The molecule has 0 bridgehead atoms. The van der Waals surface area contributed by atoms with E-state index < -0.39 is 10.9 Å². The number of nitro groups is 1. The van der Waals surface area contributed by atoms with Gasteiger partial charge in [0.1, 0.15) is 0 Å². The van der Waals surface area contributed by atoms with Crippen molar-refractivity contribution in [2.45, 2.75) is 6.61 Å². The highest BCUT2D eigenvalue weighted by Gasteiger charge is 2.20. The number of esters is 1. The first-order chi connectivity index (χ1) is 16.4. The molecule has 0 amide bonds. The van der Waals surface area contributed by atoms with E-state index in [1.54, 1.807) is 0 Å². The van der Waals surface area contributed by atoms with Gasteiger partial charge in [-0.25, -0.2) is 4.79 Å². The van der Waals surface area contributed by atoms with Crippen molar-refractivity contribution in [2.24, 2.45) is 0 Å². The second-order valence-corrected chi connectivity index (χ2v) is 7.22. The first-order valence-corrected chi connectivity index (χ1v) is 10.2. The van der Waals surface area contributed by atoms with Crippen molar-refractivity contribution >= 4 is 23.3 Å². The molecule has 0 atom stereocenters. The van der Waals surface area contributed by atoms with Crippen LogP contribution in [0.1, 0.15) is 16.2 Å². The molecule has 3 aromatic carbocycles. The average molecular weight is 482 g/mol. The van der Waals surface area contributed by atoms with Crippen molar-refractivity contribution in [2.75, 3.05) is 7.11 Å². The maximum atomic E-state index is 12.5. The van der Waals surface area contributed by atoms with Crippen molar-refractivity contribution in [3.8, 4) is 28.7 Å². The van der Waals surface area contributed by atoms with Gasteiger partial charge in [-0.2, -0.15) is 0 Å². The number of benzene rings is 3. The van der Waals surface area contributed by atoms with Gasteiger partial charge in [-0.1, -0.05) is 29.8 Å². The predicted molar refractivity (Wildman–Crippen MR) is 120 cm³/mol. The molecule has 1 heterocycles. The Hall–Kier alpha value is -4.44. The van der Waals surface area contributed by atoms with Crippen LogP contribution in [0.3, 0.4) is 0 Å². The first-order valence-electron chi connectivity index (χ1n) is 9.79. The van der Waals surface area contributed by atoms with Crippen LogP contribution < -0.4 is 9.47 Å². The molecule has 0 aliphatic carbocycles. The van der Waals surface area contributed by atoms with Gasteiger partial charge >= 0.3 is 11.7 Å². The van der Waals surface area contributed by atoms with Crippen LogP contribution in [0.25, 0.3) is 11.5 Å². The third kappa shape index (κ3) is 5.13. The van der Waals surface area contributed by atoms with Crippen LogP contribution in [0.5, 0.6) is 17.2 Å². The topological polar surface area (TPSA) is 127 Å². The van der Waals surface area contributed by atoms with Gasteiger partial charge in [0.15, 0.2) is 18.1 Å². The van der Waals surface area contributed by atoms with Crippen molar-refractivity contribution in [3.05, 3.63) is 93.3 Å². The minimum absolute atomic E-state index is 0.0337. The lowest BCUT2D eigenvalue weighted by Crippen LogP contribution is -2.06. The molecule has 34 heavy (non-hydrogen) atoms. The number of methoxy groups -OCH3 is 1. The van der Waals surface area contributed by atoms with E-state index in [-0.39, 0.29) is 46.0 Å². The van der Waals surface area contributed by atoms with E-state index in [1.807, 2.05) is 30.3 Å². The van der Waals surface area contributed by atoms with Crippen molar-refractivity contribution in [1.82, 2.24) is 10.2 Å². The number of hydrogen-bond acceptors (Lipinski definition) is 9. The molecule has 0 aliphatic heterocycles. The van der Waals surface area contributed by atoms with Gasteiger partial charge in [0.25, 0.3) is 5.89 Å². The zero-order valence-electron chi connectivity index (χ0n) is 17.6. The number of aromatic nitrogens is 2. The summed E-state index contributed by atoms with van der Waals surface area (Å²) in [6.45, 7) is -0.226. The zero-order valence-corrected chi connectivity index (χ0v) is 18.4. The van der Waals surface area contributed by atoms with E-state index in [9.17, 15) is 14.9 Å². The molecule has 0 saturated heterocycles. The Bertz CT molecular complexity index is 1340. The number of nitro benzene ring substituents is 1. The summed E-state index contributed by atoms with van der Waals surface area (Å²) in [5, 5.41) is 19.3. The van der Waals surface area contributed by atoms with E-state index in [1.165, 1.54) is 43.5 Å². The summed E-state index contributed by atoms with van der Waals surface area (Å²) in [6, 6.07) is 17.5. The summed E-state index contributed by atoms with van der Waals surface area (Å²) in [4.78, 5) is 23.2. The number of hydrogen-bond donors (Lipinski definition) is 0. The number of carbonyl (C=O) groups excluding carboxylic acids is 1. The van der Waals surface area contributed by atoms with Crippen LogP contribution in [-0.2, 0) is 11.3 Å². The van der Waals surface area contributed by atoms with Gasteiger partial charge in [-0.05, 0) is 42.5 Å². The molecule has 0 fully saturated rings. The molecule has 10 nitrogen and oxygen atoms in total. The fourth-order valence-corrected chi connectivity index (χ4v) is 3.10. The maximum absolute atomic E-state index is 12.5. The van der Waals surface area contributed by atoms with Gasteiger partial charge in [-0.15, -0.1) is 10.2 Å². The van der Waals surface area contributed by atoms with Gasteiger partial charge < -0.3 is 18.6 Å². The minimum Gasteiger partial charge on any atom is -0.493 e. The number of halogens is 1. The number of nitrogens with zero attached hydrogens (tertiary/aromatic N) is 3. The van der Waals surface area contributed by atoms with E-state index >= 15 is 0 Å². The molecule has 0 radical (unpaired) electrons. The van der Waals surface area contributed by atoms with E-state index in [0.717, 1.165) is 5.56 Å². The quantitative estimate of drug-likeness (QED) is 0.183.